The molecule has 0 unspecified atom stereocenters. The van der Waals surface area contributed by atoms with Gasteiger partial charge in [0, 0.05) is 27.2 Å². The molecule has 1 aromatic carbocycles. The fourth-order valence-electron chi connectivity index (χ4n) is 5.00. The van der Waals surface area contributed by atoms with E-state index in [1.54, 1.807) is 30.5 Å². The van der Waals surface area contributed by atoms with Crippen LogP contribution in [0.25, 0.3) is 32.2 Å². The Balaban J connectivity index is 1.32. The highest BCUT2D eigenvalue weighted by Crippen LogP contribution is 2.40. The fraction of sp³-hybridized carbons (Fsp3) is 0.333. The first-order valence-electron chi connectivity index (χ1n) is 14.5. The van der Waals surface area contributed by atoms with Crippen molar-refractivity contribution in [1.29, 1.82) is 5.26 Å². The molecule has 12 heteroatoms. The smallest absolute Gasteiger partial charge is 0.341 e. The van der Waals surface area contributed by atoms with Crippen LogP contribution in [0.4, 0.5) is 0 Å². The lowest BCUT2D eigenvalue weighted by Crippen LogP contribution is -2.27. The van der Waals surface area contributed by atoms with Crippen LogP contribution in [0.1, 0.15) is 61.1 Å². The van der Waals surface area contributed by atoms with E-state index in [4.69, 9.17) is 25.8 Å². The molecular weight excluding hydrogens is 614 g/mol. The summed E-state index contributed by atoms with van der Waals surface area (Å²) in [6.45, 7) is 9.36. The Kier molecular flexibility index (Phi) is 7.97. The average Bonchev–Trinajstić information content (AvgIpc) is 3.69. The Bertz CT molecular complexity index is 2090. The number of esters is 1. The summed E-state index contributed by atoms with van der Waals surface area (Å²) < 4.78 is 20.0. The number of carbonyl (C=O) groups excluding carboxylic acids is 1. The Morgan fingerprint density at radius 1 is 1.18 bits per heavy atom. The monoisotopic (exact) mass is 643 g/mol. The summed E-state index contributed by atoms with van der Waals surface area (Å²) in [4.78, 5) is 40.1. The van der Waals surface area contributed by atoms with Crippen LogP contribution in [0.15, 0.2) is 40.6 Å². The molecule has 45 heavy (non-hydrogen) atoms. The third-order valence-corrected chi connectivity index (χ3v) is 8.38. The maximum Gasteiger partial charge on any atom is 0.341 e. The van der Waals surface area contributed by atoms with Gasteiger partial charge in [0.25, 0.3) is 5.56 Å². The van der Waals surface area contributed by atoms with Gasteiger partial charge in [0.1, 0.15) is 41.5 Å². The number of aromatic nitrogens is 4. The van der Waals surface area contributed by atoms with E-state index in [1.165, 1.54) is 22.1 Å². The zero-order chi connectivity index (χ0) is 32.0. The minimum Gasteiger partial charge on any atom is -0.491 e. The van der Waals surface area contributed by atoms with Crippen molar-refractivity contribution in [2.24, 2.45) is 0 Å². The molecule has 4 heterocycles. The number of ether oxygens (including phenoxy) is 3. The van der Waals surface area contributed by atoms with E-state index < -0.39 is 11.6 Å². The van der Waals surface area contributed by atoms with Crippen molar-refractivity contribution in [3.8, 4) is 28.8 Å². The average molecular weight is 644 g/mol. The van der Waals surface area contributed by atoms with Gasteiger partial charge in [-0.05, 0) is 71.7 Å². The van der Waals surface area contributed by atoms with Gasteiger partial charge in [-0.15, -0.1) is 11.3 Å². The minimum atomic E-state index is -0.646. The maximum atomic E-state index is 13.7. The van der Waals surface area contributed by atoms with Gasteiger partial charge in [-0.3, -0.25) is 14.3 Å². The van der Waals surface area contributed by atoms with Gasteiger partial charge >= 0.3 is 5.97 Å². The van der Waals surface area contributed by atoms with Crippen LogP contribution in [-0.4, -0.2) is 43.8 Å². The van der Waals surface area contributed by atoms with Gasteiger partial charge in [-0.2, -0.15) is 5.26 Å². The van der Waals surface area contributed by atoms with Crippen LogP contribution in [0.5, 0.6) is 11.6 Å². The predicted molar refractivity (Wildman–Crippen MR) is 172 cm³/mol. The van der Waals surface area contributed by atoms with Gasteiger partial charge in [0.2, 0.25) is 5.88 Å². The molecule has 230 valence electrons. The van der Waals surface area contributed by atoms with E-state index in [0.717, 1.165) is 28.7 Å². The fourth-order valence-corrected chi connectivity index (χ4v) is 6.18. The van der Waals surface area contributed by atoms with Crippen molar-refractivity contribution in [2.45, 2.75) is 65.7 Å². The Morgan fingerprint density at radius 3 is 2.67 bits per heavy atom. The van der Waals surface area contributed by atoms with Gasteiger partial charge in [0.15, 0.2) is 0 Å². The maximum absolute atomic E-state index is 13.7. The molecule has 0 aliphatic heterocycles. The lowest BCUT2D eigenvalue weighted by atomic mass is 10.0. The molecule has 0 saturated heterocycles. The summed E-state index contributed by atoms with van der Waals surface area (Å²) in [6, 6.07) is 9.33. The van der Waals surface area contributed by atoms with Crippen LogP contribution < -0.4 is 15.0 Å². The summed E-state index contributed by atoms with van der Waals surface area (Å²) in [7, 11) is 0. The summed E-state index contributed by atoms with van der Waals surface area (Å²) in [6.07, 6.45) is 3.28. The van der Waals surface area contributed by atoms with Gasteiger partial charge in [-0.1, -0.05) is 11.6 Å². The van der Waals surface area contributed by atoms with Gasteiger partial charge in [0.05, 0.1) is 39.4 Å². The lowest BCUT2D eigenvalue weighted by molar-refractivity contribution is 0.00721. The van der Waals surface area contributed by atoms with Crippen LogP contribution in [-0.2, 0) is 11.3 Å². The Hall–Kier alpha value is -4.53. The highest BCUT2D eigenvalue weighted by atomic mass is 35.5. The standard InChI is InChI=1S/C33H30ClN5O5S/c1-17-12-22(29-28(37-17)24(16-45-29)32(41)44-33(3,4)5)21-13-19(34)6-9-26(21)42-11-10-39-18(2)38-25-15-36-30(43-20-7-8-20)23(14-35)27(25)31(39)40/h6,9,12-13,15-16,20H,7-8,10-11H2,1-5H3. The molecule has 0 atom stereocenters. The van der Waals surface area contributed by atoms with Crippen molar-refractivity contribution >= 4 is 50.0 Å². The number of nitriles is 1. The first kappa shape index (κ1) is 30.5. The minimum absolute atomic E-state index is 0.0214. The van der Waals surface area contributed by atoms with E-state index in [1.807, 2.05) is 33.8 Å². The molecule has 0 amide bonds. The third kappa shape index (κ3) is 6.21. The molecule has 1 fully saturated rings. The number of aryl methyl sites for hydroxylation is 2. The summed E-state index contributed by atoms with van der Waals surface area (Å²) in [5.41, 5.74) is 2.61. The SMILES string of the molecule is Cc1cc(-c2cc(Cl)ccc2OCCn2c(C)nc3cnc(OC4CC4)c(C#N)c3c2=O)c2scc(C(=O)OC(C)(C)C)c2n1. The van der Waals surface area contributed by atoms with Crippen LogP contribution in [0.3, 0.4) is 0 Å². The number of fused-ring (bicyclic) bond motifs is 2. The van der Waals surface area contributed by atoms with E-state index in [9.17, 15) is 14.9 Å². The van der Waals surface area contributed by atoms with Crippen molar-refractivity contribution in [2.75, 3.05) is 6.61 Å². The predicted octanol–water partition coefficient (Wildman–Crippen LogP) is 6.79. The second-order valence-corrected chi connectivity index (χ2v) is 13.2. The van der Waals surface area contributed by atoms with E-state index >= 15 is 0 Å². The van der Waals surface area contributed by atoms with Crippen LogP contribution in [0, 0.1) is 25.2 Å². The van der Waals surface area contributed by atoms with Crippen molar-refractivity contribution in [3.63, 3.8) is 0 Å². The molecule has 0 N–H and O–H groups in total. The number of rotatable bonds is 8. The lowest BCUT2D eigenvalue weighted by Gasteiger charge is -2.19. The first-order chi connectivity index (χ1) is 21.4. The van der Waals surface area contributed by atoms with Gasteiger partial charge < -0.3 is 14.2 Å². The molecule has 1 aliphatic rings. The first-order valence-corrected chi connectivity index (χ1v) is 15.7. The molecule has 1 saturated carbocycles. The van der Waals surface area contributed by atoms with E-state index in [2.05, 4.69) is 21.0 Å². The number of halogens is 1. The number of carbonyl (C=O) groups is 1. The third-order valence-electron chi connectivity index (χ3n) is 7.14. The summed E-state index contributed by atoms with van der Waals surface area (Å²) in [5, 5.41) is 12.3. The Morgan fingerprint density at radius 2 is 1.96 bits per heavy atom. The number of thiophene rings is 1. The topological polar surface area (TPSA) is 129 Å². The molecule has 0 spiro atoms. The zero-order valence-electron chi connectivity index (χ0n) is 25.4. The molecule has 0 radical (unpaired) electrons. The van der Waals surface area contributed by atoms with Crippen molar-refractivity contribution in [3.05, 3.63) is 73.9 Å². The molecule has 0 bridgehead atoms. The highest BCUT2D eigenvalue weighted by Gasteiger charge is 2.27. The number of hydrogen-bond acceptors (Lipinski definition) is 10. The Labute approximate surface area is 268 Å². The quantitative estimate of drug-likeness (QED) is 0.168. The number of benzene rings is 1. The second kappa shape index (κ2) is 11.8. The van der Waals surface area contributed by atoms with Gasteiger partial charge in [-0.25, -0.2) is 14.8 Å². The van der Waals surface area contributed by atoms with E-state index in [0.29, 0.717) is 38.9 Å². The molecule has 10 nitrogen and oxygen atoms in total. The molecule has 5 aromatic rings. The summed E-state index contributed by atoms with van der Waals surface area (Å²) in [5.74, 6) is 0.728. The molecule has 6 rings (SSSR count). The second-order valence-electron chi connectivity index (χ2n) is 11.9. The zero-order valence-corrected chi connectivity index (χ0v) is 27.0. The van der Waals surface area contributed by atoms with Crippen LogP contribution >= 0.6 is 22.9 Å². The highest BCUT2D eigenvalue weighted by molar-refractivity contribution is 7.18. The number of hydrogen-bond donors (Lipinski definition) is 0. The van der Waals surface area contributed by atoms with Crippen LogP contribution in [0.2, 0.25) is 5.02 Å². The number of nitrogens with zero attached hydrogens (tertiary/aromatic N) is 5. The van der Waals surface area contributed by atoms with E-state index in [-0.39, 0.29) is 41.6 Å². The normalized spacial score (nSPS) is 13.2. The largest absolute Gasteiger partial charge is 0.491 e. The molecular formula is C33H30ClN5O5S. The molecule has 1 aliphatic carbocycles. The summed E-state index contributed by atoms with van der Waals surface area (Å²) >= 11 is 7.85. The number of pyridine rings is 2. The van der Waals surface area contributed by atoms with Crippen molar-refractivity contribution < 1.29 is 19.0 Å². The molecule has 4 aromatic heterocycles. The van der Waals surface area contributed by atoms with Crippen molar-refractivity contribution in [1.82, 2.24) is 19.5 Å².